The van der Waals surface area contributed by atoms with E-state index in [0.717, 1.165) is 0 Å². The predicted molar refractivity (Wildman–Crippen MR) is 78.1 cm³/mol. The molecule has 1 aromatic carbocycles. The zero-order valence-electron chi connectivity index (χ0n) is 12.0. The fourth-order valence-corrected chi connectivity index (χ4v) is 3.02. The van der Waals surface area contributed by atoms with E-state index >= 15 is 0 Å². The first-order chi connectivity index (χ1) is 10.3. The molecule has 0 bridgehead atoms. The topological polar surface area (TPSA) is 136 Å². The lowest BCUT2D eigenvalue weighted by atomic mass is 10.1. The van der Waals surface area contributed by atoms with Crippen LogP contribution in [0.3, 0.4) is 0 Å². The van der Waals surface area contributed by atoms with Gasteiger partial charge in [-0.05, 0) is 24.1 Å². The number of benzene rings is 1. The van der Waals surface area contributed by atoms with Crippen molar-refractivity contribution < 1.29 is 33.4 Å². The number of nitrogens with two attached hydrogens (primary N) is 1. The number of hydrogen-bond acceptors (Lipinski definition) is 6. The van der Waals surface area contributed by atoms with Gasteiger partial charge in [0.1, 0.15) is 11.8 Å². The largest absolute Gasteiger partial charge is 0.481 e. The number of rotatable bonds is 9. The van der Waals surface area contributed by atoms with Gasteiger partial charge in [-0.1, -0.05) is 12.1 Å². The Balaban J connectivity index is 2.78. The van der Waals surface area contributed by atoms with E-state index in [1.165, 1.54) is 19.2 Å². The van der Waals surface area contributed by atoms with Crippen molar-refractivity contribution in [3.05, 3.63) is 29.8 Å². The Hall–Kier alpha value is -1.89. The van der Waals surface area contributed by atoms with Gasteiger partial charge in [-0.15, -0.1) is 0 Å². The molecule has 1 rings (SSSR count). The molecule has 0 aliphatic rings. The van der Waals surface area contributed by atoms with Gasteiger partial charge in [0.2, 0.25) is 0 Å². The molecule has 2 unspecified atom stereocenters. The average Bonchev–Trinajstić information content (AvgIpc) is 2.44. The van der Waals surface area contributed by atoms with Gasteiger partial charge < -0.3 is 25.0 Å². The molecule has 0 saturated carbocycles. The fourth-order valence-electron chi connectivity index (χ4n) is 1.64. The van der Waals surface area contributed by atoms with Crippen molar-refractivity contribution >= 4 is 19.5 Å². The third-order valence-electron chi connectivity index (χ3n) is 2.81. The smallest absolute Gasteiger partial charge is 0.378 e. The van der Waals surface area contributed by atoms with Gasteiger partial charge >= 0.3 is 19.5 Å². The predicted octanol–water partition coefficient (Wildman–Crippen LogP) is 1.33. The van der Waals surface area contributed by atoms with E-state index in [1.54, 1.807) is 12.1 Å². The van der Waals surface area contributed by atoms with Crippen molar-refractivity contribution in [3.8, 4) is 5.75 Å². The molecule has 22 heavy (non-hydrogen) atoms. The second-order valence-electron chi connectivity index (χ2n) is 4.56. The molecule has 0 heterocycles. The van der Waals surface area contributed by atoms with Crippen LogP contribution < -0.4 is 10.3 Å². The highest BCUT2D eigenvalue weighted by Crippen LogP contribution is 2.48. The summed E-state index contributed by atoms with van der Waals surface area (Å²) in [4.78, 5) is 21.3. The van der Waals surface area contributed by atoms with Crippen LogP contribution in [-0.4, -0.2) is 41.5 Å². The Morgan fingerprint density at radius 1 is 1.36 bits per heavy atom. The zero-order valence-corrected chi connectivity index (χ0v) is 12.9. The lowest BCUT2D eigenvalue weighted by molar-refractivity contribution is -0.138. The molecule has 0 spiro atoms. The highest BCUT2D eigenvalue weighted by atomic mass is 31.2. The summed E-state index contributed by atoms with van der Waals surface area (Å²) in [5.41, 5.74) is 5.84. The Kier molecular flexibility index (Phi) is 6.55. The monoisotopic (exact) mass is 331 g/mol. The Morgan fingerprint density at radius 2 is 2.05 bits per heavy atom. The van der Waals surface area contributed by atoms with Crippen molar-refractivity contribution in [2.45, 2.75) is 18.9 Å². The SMILES string of the molecule is COP(=O)(CCC(N)C(=O)O)Oc1cccc(CC(=O)O)c1. The van der Waals surface area contributed by atoms with Gasteiger partial charge in [0.05, 0.1) is 12.6 Å². The summed E-state index contributed by atoms with van der Waals surface area (Å²) in [5.74, 6) is -2.02. The summed E-state index contributed by atoms with van der Waals surface area (Å²) in [6, 6.07) is 4.95. The minimum absolute atomic E-state index is 0.0741. The second kappa shape index (κ2) is 7.93. The van der Waals surface area contributed by atoms with Crippen LogP contribution >= 0.6 is 7.60 Å². The minimum atomic E-state index is -3.56. The van der Waals surface area contributed by atoms with Gasteiger partial charge in [-0.3, -0.25) is 9.59 Å². The van der Waals surface area contributed by atoms with E-state index in [0.29, 0.717) is 5.56 Å². The maximum absolute atomic E-state index is 12.4. The number of hydrogen-bond donors (Lipinski definition) is 3. The summed E-state index contributed by atoms with van der Waals surface area (Å²) in [6.07, 6.45) is -0.437. The minimum Gasteiger partial charge on any atom is -0.481 e. The summed E-state index contributed by atoms with van der Waals surface area (Å²) in [5, 5.41) is 17.5. The first kappa shape index (κ1) is 18.2. The van der Waals surface area contributed by atoms with E-state index in [1.807, 2.05) is 0 Å². The van der Waals surface area contributed by atoms with Crippen molar-refractivity contribution in [1.29, 1.82) is 0 Å². The van der Waals surface area contributed by atoms with Crippen LogP contribution in [0.1, 0.15) is 12.0 Å². The van der Waals surface area contributed by atoms with E-state index in [2.05, 4.69) is 0 Å². The summed E-state index contributed by atoms with van der Waals surface area (Å²) >= 11 is 0. The molecule has 0 amide bonds. The van der Waals surface area contributed by atoms with E-state index in [9.17, 15) is 14.2 Å². The number of carbonyl (C=O) groups is 2. The average molecular weight is 331 g/mol. The highest BCUT2D eigenvalue weighted by molar-refractivity contribution is 7.54. The van der Waals surface area contributed by atoms with Crippen LogP contribution in [0.2, 0.25) is 0 Å². The number of carboxylic acids is 2. The lowest BCUT2D eigenvalue weighted by Crippen LogP contribution is -2.31. The third-order valence-corrected chi connectivity index (χ3v) is 4.66. The molecular weight excluding hydrogens is 313 g/mol. The summed E-state index contributed by atoms with van der Waals surface area (Å²) in [7, 11) is -2.37. The Morgan fingerprint density at radius 3 is 2.59 bits per heavy atom. The van der Waals surface area contributed by atoms with Gasteiger partial charge in [0, 0.05) is 7.11 Å². The molecule has 2 atom stereocenters. The maximum atomic E-state index is 12.4. The van der Waals surface area contributed by atoms with E-state index in [-0.39, 0.29) is 24.8 Å². The number of carboxylic acid groups (broad SMARTS) is 2. The fraction of sp³-hybridized carbons (Fsp3) is 0.385. The van der Waals surface area contributed by atoms with Crippen LogP contribution in [0, 0.1) is 0 Å². The van der Waals surface area contributed by atoms with Crippen molar-refractivity contribution in [2.24, 2.45) is 5.73 Å². The molecule has 122 valence electrons. The van der Waals surface area contributed by atoms with E-state index in [4.69, 9.17) is 25.0 Å². The van der Waals surface area contributed by atoms with Crippen LogP contribution in [0.4, 0.5) is 0 Å². The molecule has 8 nitrogen and oxygen atoms in total. The van der Waals surface area contributed by atoms with Gasteiger partial charge in [-0.2, -0.15) is 0 Å². The molecule has 0 fully saturated rings. The van der Waals surface area contributed by atoms with Crippen molar-refractivity contribution in [3.63, 3.8) is 0 Å². The quantitative estimate of drug-likeness (QED) is 0.577. The van der Waals surface area contributed by atoms with E-state index < -0.39 is 25.6 Å². The number of aliphatic carboxylic acids is 2. The molecule has 9 heteroatoms. The Labute approximate surface area is 127 Å². The molecule has 0 aliphatic heterocycles. The van der Waals surface area contributed by atoms with Crippen LogP contribution in [-0.2, 0) is 25.1 Å². The van der Waals surface area contributed by atoms with Gasteiger partial charge in [-0.25, -0.2) is 4.57 Å². The van der Waals surface area contributed by atoms with Gasteiger partial charge in [0.15, 0.2) is 0 Å². The van der Waals surface area contributed by atoms with Crippen molar-refractivity contribution in [2.75, 3.05) is 13.3 Å². The highest BCUT2D eigenvalue weighted by Gasteiger charge is 2.27. The zero-order chi connectivity index (χ0) is 16.8. The first-order valence-electron chi connectivity index (χ1n) is 6.39. The van der Waals surface area contributed by atoms with Crippen molar-refractivity contribution in [1.82, 2.24) is 0 Å². The Bertz CT molecular complexity index is 590. The van der Waals surface area contributed by atoms with Crippen LogP contribution in [0.25, 0.3) is 0 Å². The molecule has 0 saturated heterocycles. The third kappa shape index (κ3) is 5.85. The normalized spacial score (nSPS) is 14.8. The van der Waals surface area contributed by atoms with Crippen LogP contribution in [0.15, 0.2) is 24.3 Å². The van der Waals surface area contributed by atoms with Crippen LogP contribution in [0.5, 0.6) is 5.75 Å². The summed E-state index contributed by atoms with van der Waals surface area (Å²) in [6.45, 7) is 0. The molecule has 4 N–H and O–H groups in total. The molecular formula is C13H18NO7P. The standard InChI is InChI=1S/C13H18NO7P/c1-20-22(19,6-5-11(14)13(17)18)21-10-4-2-3-9(7-10)8-12(15)16/h2-4,7,11H,5-6,8,14H2,1H3,(H,15,16)(H,17,18). The maximum Gasteiger partial charge on any atom is 0.378 e. The molecule has 1 aromatic rings. The molecule has 0 aliphatic carbocycles. The first-order valence-corrected chi connectivity index (χ1v) is 8.12. The second-order valence-corrected chi connectivity index (χ2v) is 6.78. The molecule has 0 aromatic heterocycles. The molecule has 0 radical (unpaired) electrons. The summed E-state index contributed by atoms with van der Waals surface area (Å²) < 4.78 is 22.6. The van der Waals surface area contributed by atoms with Gasteiger partial charge in [0.25, 0.3) is 0 Å². The lowest BCUT2D eigenvalue weighted by Gasteiger charge is -2.18.